The van der Waals surface area contributed by atoms with Gasteiger partial charge in [-0.1, -0.05) is 26.0 Å². The van der Waals surface area contributed by atoms with Crippen LogP contribution in [0.25, 0.3) is 16.5 Å². The van der Waals surface area contributed by atoms with Crippen LogP contribution in [0.2, 0.25) is 5.28 Å². The van der Waals surface area contributed by atoms with Crippen LogP contribution in [0.1, 0.15) is 25.6 Å². The fourth-order valence-corrected chi connectivity index (χ4v) is 2.38. The Balaban J connectivity index is 2.34. The average molecular weight is 273 g/mol. The predicted molar refractivity (Wildman–Crippen MR) is 75.8 cm³/mol. The molecule has 0 aliphatic rings. The minimum atomic E-state index is 0.243. The van der Waals surface area contributed by atoms with Crippen LogP contribution in [-0.4, -0.2) is 19.7 Å². The van der Waals surface area contributed by atoms with Gasteiger partial charge in [-0.2, -0.15) is 0 Å². The normalized spacial score (nSPS) is 11.4. The molecule has 4 nitrogen and oxygen atoms in total. The molecule has 2 aromatic heterocycles. The largest absolute Gasteiger partial charge is 0.269 e. The first kappa shape index (κ1) is 12.1. The molecule has 3 rings (SSSR count). The highest BCUT2D eigenvalue weighted by atomic mass is 35.5. The summed E-state index contributed by atoms with van der Waals surface area (Å²) in [5.41, 5.74) is 0.962. The van der Waals surface area contributed by atoms with Crippen molar-refractivity contribution in [3.63, 3.8) is 0 Å². The van der Waals surface area contributed by atoms with Crippen molar-refractivity contribution in [2.24, 2.45) is 0 Å². The minimum Gasteiger partial charge on any atom is -0.269 e. The summed E-state index contributed by atoms with van der Waals surface area (Å²) in [6.45, 7) is 4.14. The number of pyridine rings is 1. The zero-order chi connectivity index (χ0) is 13.4. The minimum absolute atomic E-state index is 0.243. The third-order valence-electron chi connectivity index (χ3n) is 3.07. The van der Waals surface area contributed by atoms with Crippen LogP contribution in [-0.2, 0) is 0 Å². The van der Waals surface area contributed by atoms with E-state index >= 15 is 0 Å². The molecule has 0 saturated carbocycles. The first-order valence-corrected chi connectivity index (χ1v) is 6.50. The molecule has 2 heterocycles. The maximum atomic E-state index is 6.19. The number of nitrogens with zero attached hydrogens (tertiary/aromatic N) is 4. The molecule has 3 aromatic rings. The summed E-state index contributed by atoms with van der Waals surface area (Å²) in [4.78, 5) is 4.19. The number of rotatable bonds is 2. The SMILES string of the molecule is CC(C)c1nnc(Cl)n1-c1cccc2ccncc12. The molecule has 0 amide bonds. The highest BCUT2D eigenvalue weighted by Gasteiger charge is 2.16. The molecule has 19 heavy (non-hydrogen) atoms. The summed E-state index contributed by atoms with van der Waals surface area (Å²) in [6, 6.07) is 8.03. The van der Waals surface area contributed by atoms with Crippen LogP contribution in [0, 0.1) is 0 Å². The highest BCUT2D eigenvalue weighted by Crippen LogP contribution is 2.27. The van der Waals surface area contributed by atoms with E-state index in [-0.39, 0.29) is 5.92 Å². The van der Waals surface area contributed by atoms with Gasteiger partial charge in [0.1, 0.15) is 5.82 Å². The fourth-order valence-electron chi connectivity index (χ4n) is 2.17. The van der Waals surface area contributed by atoms with Gasteiger partial charge in [-0.3, -0.25) is 9.55 Å². The van der Waals surface area contributed by atoms with Crippen LogP contribution in [0.3, 0.4) is 0 Å². The van der Waals surface area contributed by atoms with Gasteiger partial charge in [0.25, 0.3) is 0 Å². The second-order valence-corrected chi connectivity index (χ2v) is 5.03. The number of hydrogen-bond donors (Lipinski definition) is 0. The van der Waals surface area contributed by atoms with Gasteiger partial charge in [0, 0.05) is 23.7 Å². The molecular formula is C14H13ClN4. The topological polar surface area (TPSA) is 43.6 Å². The summed E-state index contributed by atoms with van der Waals surface area (Å²) >= 11 is 6.19. The van der Waals surface area contributed by atoms with E-state index < -0.39 is 0 Å². The van der Waals surface area contributed by atoms with Gasteiger partial charge in [-0.25, -0.2) is 0 Å². The first-order chi connectivity index (χ1) is 9.18. The Morgan fingerprint density at radius 2 is 2.00 bits per heavy atom. The van der Waals surface area contributed by atoms with Gasteiger partial charge in [0.05, 0.1) is 5.69 Å². The fraction of sp³-hybridized carbons (Fsp3) is 0.214. The summed E-state index contributed by atoms with van der Waals surface area (Å²) in [5, 5.41) is 10.7. The van der Waals surface area contributed by atoms with E-state index in [4.69, 9.17) is 11.6 Å². The Bertz CT molecular complexity index is 728. The zero-order valence-electron chi connectivity index (χ0n) is 10.7. The van der Waals surface area contributed by atoms with Crippen molar-refractivity contribution < 1.29 is 0 Å². The molecule has 0 spiro atoms. The summed E-state index contributed by atoms with van der Waals surface area (Å²) in [5.74, 6) is 1.09. The molecule has 0 unspecified atom stereocenters. The Kier molecular flexibility index (Phi) is 2.95. The van der Waals surface area contributed by atoms with Gasteiger partial charge < -0.3 is 0 Å². The Morgan fingerprint density at radius 1 is 1.16 bits per heavy atom. The van der Waals surface area contributed by atoms with E-state index in [1.807, 2.05) is 35.0 Å². The third kappa shape index (κ3) is 1.98. The lowest BCUT2D eigenvalue weighted by molar-refractivity contribution is 0.747. The number of hydrogen-bond acceptors (Lipinski definition) is 3. The monoisotopic (exact) mass is 272 g/mol. The molecule has 96 valence electrons. The van der Waals surface area contributed by atoms with Gasteiger partial charge in [-0.15, -0.1) is 10.2 Å². The van der Waals surface area contributed by atoms with Crippen molar-refractivity contribution in [2.75, 3.05) is 0 Å². The first-order valence-electron chi connectivity index (χ1n) is 6.12. The molecular weight excluding hydrogens is 260 g/mol. The second kappa shape index (κ2) is 4.63. The van der Waals surface area contributed by atoms with E-state index in [0.717, 1.165) is 22.3 Å². The molecule has 0 saturated heterocycles. The van der Waals surface area contributed by atoms with E-state index in [1.54, 1.807) is 6.20 Å². The van der Waals surface area contributed by atoms with Gasteiger partial charge in [0.15, 0.2) is 0 Å². The lowest BCUT2D eigenvalue weighted by Gasteiger charge is -2.12. The molecule has 0 aliphatic heterocycles. The lowest BCUT2D eigenvalue weighted by atomic mass is 10.1. The van der Waals surface area contributed by atoms with E-state index in [9.17, 15) is 0 Å². The second-order valence-electron chi connectivity index (χ2n) is 4.69. The van der Waals surface area contributed by atoms with Crippen molar-refractivity contribution in [3.8, 4) is 5.69 Å². The summed E-state index contributed by atoms with van der Waals surface area (Å²) < 4.78 is 1.89. The van der Waals surface area contributed by atoms with Crippen molar-refractivity contribution in [2.45, 2.75) is 19.8 Å². The number of aromatic nitrogens is 4. The van der Waals surface area contributed by atoms with Crippen LogP contribution in [0.5, 0.6) is 0 Å². The molecule has 0 atom stereocenters. The molecule has 0 radical (unpaired) electrons. The quantitative estimate of drug-likeness (QED) is 0.716. The third-order valence-corrected chi connectivity index (χ3v) is 3.31. The molecule has 0 fully saturated rings. The molecule has 0 aliphatic carbocycles. The Morgan fingerprint density at radius 3 is 2.79 bits per heavy atom. The molecule has 0 bridgehead atoms. The lowest BCUT2D eigenvalue weighted by Crippen LogP contribution is -2.04. The van der Waals surface area contributed by atoms with E-state index in [1.165, 1.54) is 0 Å². The van der Waals surface area contributed by atoms with Crippen molar-refractivity contribution >= 4 is 22.4 Å². The van der Waals surface area contributed by atoms with Crippen molar-refractivity contribution in [1.82, 2.24) is 19.7 Å². The molecule has 0 N–H and O–H groups in total. The maximum Gasteiger partial charge on any atom is 0.229 e. The zero-order valence-corrected chi connectivity index (χ0v) is 11.5. The van der Waals surface area contributed by atoms with Crippen LogP contribution in [0.15, 0.2) is 36.7 Å². The number of benzene rings is 1. The summed E-state index contributed by atoms with van der Waals surface area (Å²) in [6.07, 6.45) is 3.62. The Labute approximate surface area is 116 Å². The van der Waals surface area contributed by atoms with Crippen LogP contribution >= 0.6 is 11.6 Å². The standard InChI is InChI=1S/C14H13ClN4/c1-9(2)13-17-18-14(15)19(13)12-5-3-4-10-6-7-16-8-11(10)12/h3-9H,1-2H3. The van der Waals surface area contributed by atoms with Crippen molar-refractivity contribution in [3.05, 3.63) is 47.8 Å². The highest BCUT2D eigenvalue weighted by molar-refractivity contribution is 6.28. The van der Waals surface area contributed by atoms with Crippen LogP contribution in [0.4, 0.5) is 0 Å². The molecule has 5 heteroatoms. The smallest absolute Gasteiger partial charge is 0.229 e. The van der Waals surface area contributed by atoms with E-state index in [2.05, 4.69) is 29.0 Å². The van der Waals surface area contributed by atoms with Gasteiger partial charge >= 0.3 is 0 Å². The van der Waals surface area contributed by atoms with Crippen LogP contribution < -0.4 is 0 Å². The number of halogens is 1. The Hall–Kier alpha value is -1.94. The molecule has 1 aromatic carbocycles. The number of fused-ring (bicyclic) bond motifs is 1. The summed E-state index contributed by atoms with van der Waals surface area (Å²) in [7, 11) is 0. The maximum absolute atomic E-state index is 6.19. The predicted octanol–water partition coefficient (Wildman–Crippen LogP) is 3.59. The van der Waals surface area contributed by atoms with Gasteiger partial charge in [-0.05, 0) is 29.1 Å². The average Bonchev–Trinajstić information content (AvgIpc) is 2.80. The van der Waals surface area contributed by atoms with Gasteiger partial charge in [0.2, 0.25) is 5.28 Å². The van der Waals surface area contributed by atoms with Crippen molar-refractivity contribution in [1.29, 1.82) is 0 Å². The van der Waals surface area contributed by atoms with E-state index in [0.29, 0.717) is 5.28 Å².